The van der Waals surface area contributed by atoms with Crippen LogP contribution >= 0.6 is 0 Å². The number of esters is 1. The molecule has 8 heteroatoms. The van der Waals surface area contributed by atoms with Gasteiger partial charge in [0.25, 0.3) is 0 Å². The average Bonchev–Trinajstić information content (AvgIpc) is 2.25. The van der Waals surface area contributed by atoms with E-state index in [-0.39, 0.29) is 12.5 Å². The van der Waals surface area contributed by atoms with Gasteiger partial charge >= 0.3 is 18.3 Å². The van der Waals surface area contributed by atoms with Gasteiger partial charge in [0, 0.05) is 6.42 Å². The quantitative estimate of drug-likeness (QED) is 0.466. The lowest BCUT2D eigenvalue weighted by atomic mass is 10.1. The zero-order chi connectivity index (χ0) is 14.8. The summed E-state index contributed by atoms with van der Waals surface area (Å²) in [5.74, 6) is -2.20. The maximum atomic E-state index is 12.7. The van der Waals surface area contributed by atoms with Crippen LogP contribution in [0.2, 0.25) is 0 Å². The Labute approximate surface area is 104 Å². The van der Waals surface area contributed by atoms with Gasteiger partial charge in [-0.2, -0.15) is 26.3 Å². The predicted octanol–water partition coefficient (Wildman–Crippen LogP) is 4.04. The standard InChI is InChI=1S/C11H8F6O2/c1-2-8(18)19-7-5-3-4-6(10(12,13)14)9(7)11(15,16)17/h3-5H,2H2,1H3. The lowest BCUT2D eigenvalue weighted by Gasteiger charge is -2.18. The maximum absolute atomic E-state index is 12.7. The third-order valence-corrected chi connectivity index (χ3v) is 2.13. The summed E-state index contributed by atoms with van der Waals surface area (Å²) in [5.41, 5.74) is -3.88. The molecule has 1 aromatic carbocycles. The van der Waals surface area contributed by atoms with Gasteiger partial charge in [0.2, 0.25) is 0 Å². The molecule has 0 bridgehead atoms. The van der Waals surface area contributed by atoms with Gasteiger partial charge in [-0.3, -0.25) is 4.79 Å². The topological polar surface area (TPSA) is 26.3 Å². The van der Waals surface area contributed by atoms with E-state index in [9.17, 15) is 31.1 Å². The van der Waals surface area contributed by atoms with Crippen LogP contribution in [0.4, 0.5) is 26.3 Å². The molecule has 0 radical (unpaired) electrons. The van der Waals surface area contributed by atoms with Gasteiger partial charge in [-0.15, -0.1) is 0 Å². The summed E-state index contributed by atoms with van der Waals surface area (Å²) in [5, 5.41) is 0. The predicted molar refractivity (Wildman–Crippen MR) is 52.4 cm³/mol. The second kappa shape index (κ2) is 5.10. The van der Waals surface area contributed by atoms with Crippen LogP contribution < -0.4 is 4.74 Å². The van der Waals surface area contributed by atoms with Gasteiger partial charge in [-0.25, -0.2) is 0 Å². The number of carbonyl (C=O) groups is 1. The highest BCUT2D eigenvalue weighted by Gasteiger charge is 2.45. The Kier molecular flexibility index (Phi) is 4.12. The van der Waals surface area contributed by atoms with Crippen LogP contribution in [0.15, 0.2) is 18.2 Å². The number of alkyl halides is 6. The van der Waals surface area contributed by atoms with Crippen LogP contribution in [-0.2, 0) is 17.1 Å². The summed E-state index contributed by atoms with van der Waals surface area (Å²) in [4.78, 5) is 11.0. The highest BCUT2D eigenvalue weighted by Crippen LogP contribution is 2.44. The van der Waals surface area contributed by atoms with Crippen molar-refractivity contribution in [2.75, 3.05) is 0 Å². The zero-order valence-corrected chi connectivity index (χ0v) is 9.52. The molecule has 0 saturated heterocycles. The molecule has 0 heterocycles. The molecule has 0 aromatic heterocycles. The molecule has 106 valence electrons. The Morgan fingerprint density at radius 2 is 1.68 bits per heavy atom. The van der Waals surface area contributed by atoms with E-state index in [4.69, 9.17) is 0 Å². The van der Waals surface area contributed by atoms with E-state index < -0.39 is 35.2 Å². The molecule has 0 spiro atoms. The Morgan fingerprint density at radius 1 is 1.11 bits per heavy atom. The van der Waals surface area contributed by atoms with Crippen molar-refractivity contribution in [3.63, 3.8) is 0 Å². The average molecular weight is 286 g/mol. The fourth-order valence-electron chi connectivity index (χ4n) is 1.34. The van der Waals surface area contributed by atoms with Gasteiger partial charge in [-0.05, 0) is 12.1 Å². The summed E-state index contributed by atoms with van der Waals surface area (Å²) < 4.78 is 80.0. The first kappa shape index (κ1) is 15.3. The Balaban J connectivity index is 3.44. The number of halogens is 6. The van der Waals surface area contributed by atoms with Gasteiger partial charge < -0.3 is 4.74 Å². The van der Waals surface area contributed by atoms with Crippen LogP contribution in [0.3, 0.4) is 0 Å². The molecular formula is C11H8F6O2. The first-order valence-corrected chi connectivity index (χ1v) is 5.05. The van der Waals surface area contributed by atoms with E-state index in [0.29, 0.717) is 6.07 Å². The Hall–Kier alpha value is -1.73. The van der Waals surface area contributed by atoms with E-state index in [1.54, 1.807) is 0 Å². The lowest BCUT2D eigenvalue weighted by Crippen LogP contribution is -2.19. The van der Waals surface area contributed by atoms with Crippen molar-refractivity contribution in [1.82, 2.24) is 0 Å². The molecule has 0 atom stereocenters. The highest BCUT2D eigenvalue weighted by atomic mass is 19.4. The van der Waals surface area contributed by atoms with Gasteiger partial charge in [-0.1, -0.05) is 13.0 Å². The SMILES string of the molecule is CCC(=O)Oc1cccc(C(F)(F)F)c1C(F)(F)F. The highest BCUT2D eigenvalue weighted by molar-refractivity contribution is 5.72. The summed E-state index contributed by atoms with van der Waals surface area (Å²) >= 11 is 0. The second-order valence-electron chi connectivity index (χ2n) is 3.50. The smallest absolute Gasteiger partial charge is 0.420 e. The monoisotopic (exact) mass is 286 g/mol. The Morgan fingerprint density at radius 3 is 2.11 bits per heavy atom. The van der Waals surface area contributed by atoms with Crippen LogP contribution in [0, 0.1) is 0 Å². The number of carbonyl (C=O) groups excluding carboxylic acids is 1. The third kappa shape index (κ3) is 3.62. The molecular weight excluding hydrogens is 278 g/mol. The summed E-state index contributed by atoms with van der Waals surface area (Å²) in [6.07, 6.45) is -10.7. The maximum Gasteiger partial charge on any atom is 0.420 e. The number of ether oxygens (including phenoxy) is 1. The minimum atomic E-state index is -5.28. The van der Waals surface area contributed by atoms with E-state index in [1.807, 2.05) is 0 Å². The molecule has 2 nitrogen and oxygen atoms in total. The number of rotatable bonds is 2. The second-order valence-corrected chi connectivity index (χ2v) is 3.50. The minimum Gasteiger partial charge on any atom is -0.426 e. The molecule has 0 unspecified atom stereocenters. The zero-order valence-electron chi connectivity index (χ0n) is 9.52. The normalized spacial score (nSPS) is 12.4. The molecule has 0 saturated carbocycles. The molecule has 0 aliphatic heterocycles. The number of hydrogen-bond acceptors (Lipinski definition) is 2. The molecule has 1 aromatic rings. The van der Waals surface area contributed by atoms with Crippen molar-refractivity contribution in [2.24, 2.45) is 0 Å². The fraction of sp³-hybridized carbons (Fsp3) is 0.364. The Bertz CT molecular complexity index is 475. The number of hydrogen-bond donors (Lipinski definition) is 0. The van der Waals surface area contributed by atoms with Gasteiger partial charge in [0.05, 0.1) is 5.56 Å². The van der Waals surface area contributed by atoms with E-state index >= 15 is 0 Å². The van der Waals surface area contributed by atoms with Crippen molar-refractivity contribution >= 4 is 5.97 Å². The van der Waals surface area contributed by atoms with Gasteiger partial charge in [0.1, 0.15) is 11.3 Å². The molecule has 19 heavy (non-hydrogen) atoms. The largest absolute Gasteiger partial charge is 0.426 e. The van der Waals surface area contributed by atoms with Crippen LogP contribution in [0.25, 0.3) is 0 Å². The summed E-state index contributed by atoms with van der Waals surface area (Å²) in [6.45, 7) is 1.31. The lowest BCUT2D eigenvalue weighted by molar-refractivity contribution is -0.163. The number of benzene rings is 1. The summed E-state index contributed by atoms with van der Waals surface area (Å²) in [6, 6.07) is 1.70. The van der Waals surface area contributed by atoms with Crippen molar-refractivity contribution in [1.29, 1.82) is 0 Å². The molecule has 0 fully saturated rings. The third-order valence-electron chi connectivity index (χ3n) is 2.13. The van der Waals surface area contributed by atoms with Crippen molar-refractivity contribution in [3.8, 4) is 5.75 Å². The minimum absolute atomic E-state index is 0.256. The van der Waals surface area contributed by atoms with E-state index in [2.05, 4.69) is 4.74 Å². The van der Waals surface area contributed by atoms with Crippen molar-refractivity contribution in [2.45, 2.75) is 25.7 Å². The first-order valence-electron chi connectivity index (χ1n) is 5.05. The molecule has 0 N–H and O–H groups in total. The van der Waals surface area contributed by atoms with Crippen LogP contribution in [-0.4, -0.2) is 5.97 Å². The molecule has 0 aliphatic carbocycles. The fourth-order valence-corrected chi connectivity index (χ4v) is 1.34. The van der Waals surface area contributed by atoms with Crippen molar-refractivity contribution < 1.29 is 35.9 Å². The summed E-state index contributed by atoms with van der Waals surface area (Å²) in [7, 11) is 0. The molecule has 1 rings (SSSR count). The van der Waals surface area contributed by atoms with Crippen LogP contribution in [0.5, 0.6) is 5.75 Å². The van der Waals surface area contributed by atoms with E-state index in [1.165, 1.54) is 6.92 Å². The molecule has 0 aliphatic rings. The molecule has 0 amide bonds. The van der Waals surface area contributed by atoms with Gasteiger partial charge in [0.15, 0.2) is 0 Å². The van der Waals surface area contributed by atoms with Crippen molar-refractivity contribution in [3.05, 3.63) is 29.3 Å². The van der Waals surface area contributed by atoms with Crippen LogP contribution in [0.1, 0.15) is 24.5 Å². The van der Waals surface area contributed by atoms with E-state index in [0.717, 1.165) is 6.07 Å². The first-order chi connectivity index (χ1) is 8.57.